The number of likely N-dealkylation sites (tertiary alicyclic amines) is 1. The Morgan fingerprint density at radius 3 is 3.16 bits per heavy atom. The number of carbonyl (C=O) groups excluding carboxylic acids is 2. The Morgan fingerprint density at radius 1 is 1.60 bits per heavy atom. The summed E-state index contributed by atoms with van der Waals surface area (Å²) in [7, 11) is 3.37. The van der Waals surface area contributed by atoms with E-state index in [9.17, 15) is 9.59 Å². The Morgan fingerprint density at radius 2 is 2.44 bits per heavy atom. The molecule has 0 aromatic carbocycles. The van der Waals surface area contributed by atoms with Gasteiger partial charge in [-0.1, -0.05) is 12.2 Å². The quantitative estimate of drug-likeness (QED) is 0.690. The third-order valence-electron chi connectivity index (χ3n) is 5.26. The summed E-state index contributed by atoms with van der Waals surface area (Å²) in [5.74, 6) is -0.969. The average Bonchev–Trinajstić information content (AvgIpc) is 3.35. The fraction of sp³-hybridized carbons (Fsp3) is 0.588. The van der Waals surface area contributed by atoms with Crippen LogP contribution in [-0.2, 0) is 25.6 Å². The zero-order chi connectivity index (χ0) is 17.6. The smallest absolute Gasteiger partial charge is 0.230 e. The molecule has 134 valence electrons. The number of fused-ring (bicyclic) bond motifs is 1. The van der Waals surface area contributed by atoms with E-state index in [0.29, 0.717) is 26.2 Å². The molecular weight excluding hydrogens is 342 g/mol. The number of aromatic nitrogens is 1. The van der Waals surface area contributed by atoms with Crippen molar-refractivity contribution < 1.29 is 19.1 Å². The second kappa shape index (κ2) is 6.19. The second-order valence-electron chi connectivity index (χ2n) is 6.77. The number of methoxy groups -OCH3 is 1. The molecule has 0 N–H and O–H groups in total. The number of ether oxygens (including phenoxy) is 2. The highest BCUT2D eigenvalue weighted by atomic mass is 32.1. The normalized spacial score (nSPS) is 32.5. The van der Waals surface area contributed by atoms with Crippen molar-refractivity contribution in [1.29, 1.82) is 0 Å². The summed E-state index contributed by atoms with van der Waals surface area (Å²) in [5.41, 5.74) is -0.655. The maximum atomic E-state index is 13.1. The summed E-state index contributed by atoms with van der Waals surface area (Å²) in [6, 6.07) is 0. The van der Waals surface area contributed by atoms with Crippen molar-refractivity contribution >= 4 is 23.2 Å². The van der Waals surface area contributed by atoms with Crippen LogP contribution in [0, 0.1) is 11.8 Å². The minimum atomic E-state index is -0.655. The maximum absolute atomic E-state index is 13.1. The van der Waals surface area contributed by atoms with Crippen LogP contribution in [0.25, 0.3) is 0 Å². The first-order chi connectivity index (χ1) is 12.1. The van der Waals surface area contributed by atoms with Gasteiger partial charge in [-0.25, -0.2) is 4.98 Å². The van der Waals surface area contributed by atoms with Crippen LogP contribution >= 0.6 is 11.3 Å². The molecule has 0 aliphatic carbocycles. The molecule has 1 spiro atoms. The molecule has 0 unspecified atom stereocenters. The molecular formula is C17H21N3O4S. The van der Waals surface area contributed by atoms with E-state index in [1.165, 1.54) is 11.3 Å². The molecule has 2 amide bonds. The molecule has 8 heteroatoms. The van der Waals surface area contributed by atoms with Gasteiger partial charge >= 0.3 is 0 Å². The van der Waals surface area contributed by atoms with Crippen LogP contribution in [0.15, 0.2) is 23.7 Å². The predicted octanol–water partition coefficient (Wildman–Crippen LogP) is 0.530. The molecule has 2 bridgehead atoms. The van der Waals surface area contributed by atoms with E-state index in [1.807, 2.05) is 17.5 Å². The van der Waals surface area contributed by atoms with Crippen LogP contribution in [0.5, 0.6) is 0 Å². The van der Waals surface area contributed by atoms with Gasteiger partial charge in [0.2, 0.25) is 11.8 Å². The number of thiazole rings is 1. The zero-order valence-corrected chi connectivity index (χ0v) is 15.1. The lowest BCUT2D eigenvalue weighted by Crippen LogP contribution is -2.44. The molecule has 7 nitrogen and oxygen atoms in total. The topological polar surface area (TPSA) is 72.0 Å². The third-order valence-corrected chi connectivity index (χ3v) is 6.03. The van der Waals surface area contributed by atoms with Crippen LogP contribution < -0.4 is 0 Å². The summed E-state index contributed by atoms with van der Waals surface area (Å²) < 4.78 is 11.2. The lowest BCUT2D eigenvalue weighted by atomic mass is 9.76. The lowest BCUT2D eigenvalue weighted by Gasteiger charge is -2.27. The van der Waals surface area contributed by atoms with E-state index >= 15 is 0 Å². The van der Waals surface area contributed by atoms with Crippen molar-refractivity contribution in [2.24, 2.45) is 11.8 Å². The Bertz CT molecular complexity index is 707. The molecule has 2 fully saturated rings. The molecule has 4 heterocycles. The fourth-order valence-corrected chi connectivity index (χ4v) is 4.79. The Labute approximate surface area is 150 Å². The number of rotatable bonds is 6. The minimum Gasteiger partial charge on any atom is -0.383 e. The monoisotopic (exact) mass is 363 g/mol. The highest BCUT2D eigenvalue weighted by Crippen LogP contribution is 2.52. The van der Waals surface area contributed by atoms with Gasteiger partial charge in [-0.2, -0.15) is 0 Å². The molecule has 3 aliphatic rings. The van der Waals surface area contributed by atoms with Crippen LogP contribution in [0.3, 0.4) is 0 Å². The van der Waals surface area contributed by atoms with Crippen LogP contribution in [0.2, 0.25) is 0 Å². The first kappa shape index (κ1) is 16.7. The van der Waals surface area contributed by atoms with Gasteiger partial charge in [0.05, 0.1) is 37.6 Å². The van der Waals surface area contributed by atoms with Gasteiger partial charge in [0.1, 0.15) is 10.6 Å². The summed E-state index contributed by atoms with van der Waals surface area (Å²) >= 11 is 1.52. The second-order valence-corrected chi connectivity index (χ2v) is 7.75. The SMILES string of the molecule is COCCN1C[C@]23C=C[C@H](O2)[C@H](C(=O)N(C)Cc2nccs2)[C@H]3C1=O. The standard InChI is InChI=1S/C17H21N3O4S/c1-19(9-12-18-5-8-25-12)15(21)13-11-3-4-17(24-11)10-20(6-7-23-2)16(22)14(13)17/h3-5,8,11,13-14H,6-7,9-10H2,1-2H3/t11-,13-,14-,17-/m0/s1. The summed E-state index contributed by atoms with van der Waals surface area (Å²) in [6.45, 7) is 1.94. The van der Waals surface area contributed by atoms with Crippen molar-refractivity contribution in [2.75, 3.05) is 33.9 Å². The Balaban J connectivity index is 1.53. The maximum Gasteiger partial charge on any atom is 0.230 e. The molecule has 25 heavy (non-hydrogen) atoms. The molecule has 0 radical (unpaired) electrons. The predicted molar refractivity (Wildman–Crippen MR) is 90.8 cm³/mol. The number of carbonyl (C=O) groups is 2. The molecule has 4 atom stereocenters. The lowest BCUT2D eigenvalue weighted by molar-refractivity contribution is -0.142. The number of nitrogens with zero attached hydrogens (tertiary/aromatic N) is 3. The Hall–Kier alpha value is -1.77. The number of hydrogen-bond donors (Lipinski definition) is 0. The van der Waals surface area contributed by atoms with Gasteiger partial charge in [-0.15, -0.1) is 11.3 Å². The molecule has 0 saturated carbocycles. The van der Waals surface area contributed by atoms with E-state index in [4.69, 9.17) is 9.47 Å². The van der Waals surface area contributed by atoms with Crippen LogP contribution in [0.1, 0.15) is 5.01 Å². The summed E-state index contributed by atoms with van der Waals surface area (Å²) in [4.78, 5) is 33.6. The molecule has 1 aromatic rings. The van der Waals surface area contributed by atoms with Crippen molar-refractivity contribution in [3.8, 4) is 0 Å². The summed E-state index contributed by atoms with van der Waals surface area (Å²) in [6.07, 6.45) is 5.32. The first-order valence-electron chi connectivity index (χ1n) is 8.34. The van der Waals surface area contributed by atoms with Gasteiger partial charge in [0.25, 0.3) is 0 Å². The van der Waals surface area contributed by atoms with E-state index in [2.05, 4.69) is 4.98 Å². The van der Waals surface area contributed by atoms with Crippen molar-refractivity contribution in [3.05, 3.63) is 28.7 Å². The van der Waals surface area contributed by atoms with Gasteiger partial charge < -0.3 is 19.3 Å². The van der Waals surface area contributed by atoms with E-state index in [0.717, 1.165) is 5.01 Å². The fourth-order valence-electron chi connectivity index (χ4n) is 4.12. The van der Waals surface area contributed by atoms with Crippen molar-refractivity contribution in [1.82, 2.24) is 14.8 Å². The number of hydrogen-bond acceptors (Lipinski definition) is 6. The minimum absolute atomic E-state index is 0.00935. The van der Waals surface area contributed by atoms with E-state index < -0.39 is 17.4 Å². The highest BCUT2D eigenvalue weighted by Gasteiger charge is 2.66. The molecule has 2 saturated heterocycles. The molecule has 4 rings (SSSR count). The van der Waals surface area contributed by atoms with Crippen molar-refractivity contribution in [2.45, 2.75) is 18.2 Å². The number of amides is 2. The highest BCUT2D eigenvalue weighted by molar-refractivity contribution is 7.09. The molecule has 1 aromatic heterocycles. The average molecular weight is 363 g/mol. The van der Waals surface area contributed by atoms with Gasteiger partial charge in [0, 0.05) is 32.3 Å². The third kappa shape index (κ3) is 2.59. The summed E-state index contributed by atoms with van der Waals surface area (Å²) in [5, 5.41) is 2.77. The van der Waals surface area contributed by atoms with Crippen LogP contribution in [0.4, 0.5) is 0 Å². The van der Waals surface area contributed by atoms with Crippen molar-refractivity contribution in [3.63, 3.8) is 0 Å². The van der Waals surface area contributed by atoms with Gasteiger partial charge in [-0.05, 0) is 0 Å². The molecule has 3 aliphatic heterocycles. The Kier molecular flexibility index (Phi) is 4.13. The largest absolute Gasteiger partial charge is 0.383 e. The van der Waals surface area contributed by atoms with E-state index in [1.54, 1.807) is 30.2 Å². The van der Waals surface area contributed by atoms with Gasteiger partial charge in [0.15, 0.2) is 0 Å². The van der Waals surface area contributed by atoms with Crippen LogP contribution in [-0.4, -0.2) is 72.2 Å². The zero-order valence-electron chi connectivity index (χ0n) is 14.3. The first-order valence-corrected chi connectivity index (χ1v) is 9.22. The van der Waals surface area contributed by atoms with E-state index in [-0.39, 0.29) is 17.9 Å². The van der Waals surface area contributed by atoms with Gasteiger partial charge in [-0.3, -0.25) is 9.59 Å².